The van der Waals surface area contributed by atoms with Crippen molar-refractivity contribution >= 4 is 39.9 Å². The summed E-state index contributed by atoms with van der Waals surface area (Å²) in [7, 11) is 0. The van der Waals surface area contributed by atoms with Crippen molar-refractivity contribution in [3.63, 3.8) is 0 Å². The van der Waals surface area contributed by atoms with Crippen LogP contribution in [0.25, 0.3) is 0 Å². The quantitative estimate of drug-likeness (QED) is 0.469. The van der Waals surface area contributed by atoms with Gasteiger partial charge in [0.1, 0.15) is 18.2 Å². The molecule has 0 aliphatic carbocycles. The number of nitrogens with zero attached hydrogens (tertiary/aromatic N) is 4. The number of piperazine rings is 1. The SMILES string of the molecule is CC(C)N(CC(=O)Nc1nc(CC(=O)N2CCN(c3ccccc3F)CC2)cs1)C(=O)c1ccc(F)cc1. The zero-order valence-corrected chi connectivity index (χ0v) is 22.0. The van der Waals surface area contributed by atoms with E-state index in [9.17, 15) is 23.2 Å². The summed E-state index contributed by atoms with van der Waals surface area (Å²) in [5, 5.41) is 4.74. The number of thiazole rings is 1. The Morgan fingerprint density at radius 3 is 2.37 bits per heavy atom. The Labute approximate surface area is 223 Å². The molecule has 0 atom stereocenters. The number of nitrogens with one attached hydrogen (secondary N) is 1. The van der Waals surface area contributed by atoms with Crippen LogP contribution in [-0.2, 0) is 16.0 Å². The van der Waals surface area contributed by atoms with Gasteiger partial charge in [-0.3, -0.25) is 14.4 Å². The molecule has 1 aliphatic rings. The topological polar surface area (TPSA) is 85.8 Å². The number of halogens is 2. The summed E-state index contributed by atoms with van der Waals surface area (Å²) >= 11 is 1.20. The molecule has 1 aromatic heterocycles. The second-order valence-electron chi connectivity index (χ2n) is 9.22. The van der Waals surface area contributed by atoms with E-state index in [2.05, 4.69) is 10.3 Å². The van der Waals surface area contributed by atoms with Gasteiger partial charge >= 0.3 is 0 Å². The van der Waals surface area contributed by atoms with Crippen molar-refractivity contribution in [1.82, 2.24) is 14.8 Å². The van der Waals surface area contributed by atoms with Crippen LogP contribution in [0.15, 0.2) is 53.9 Å². The minimum atomic E-state index is -0.446. The van der Waals surface area contributed by atoms with Gasteiger partial charge in [0.15, 0.2) is 5.13 Å². The highest BCUT2D eigenvalue weighted by atomic mass is 32.1. The molecule has 1 saturated heterocycles. The lowest BCUT2D eigenvalue weighted by Gasteiger charge is -2.36. The van der Waals surface area contributed by atoms with Gasteiger partial charge in [-0.1, -0.05) is 12.1 Å². The Kier molecular flexibility index (Phi) is 8.67. The Bertz CT molecular complexity index is 1290. The van der Waals surface area contributed by atoms with E-state index in [-0.39, 0.29) is 42.2 Å². The lowest BCUT2D eigenvalue weighted by molar-refractivity contribution is -0.130. The molecule has 0 spiro atoms. The van der Waals surface area contributed by atoms with E-state index >= 15 is 0 Å². The van der Waals surface area contributed by atoms with Crippen LogP contribution < -0.4 is 10.2 Å². The summed E-state index contributed by atoms with van der Waals surface area (Å²) in [5.41, 5.74) is 1.36. The van der Waals surface area contributed by atoms with Gasteiger partial charge in [0.25, 0.3) is 5.91 Å². The van der Waals surface area contributed by atoms with Gasteiger partial charge in [-0.2, -0.15) is 0 Å². The molecule has 3 aromatic rings. The van der Waals surface area contributed by atoms with E-state index in [1.807, 2.05) is 4.90 Å². The Hall–Kier alpha value is -3.86. The molecule has 8 nitrogen and oxygen atoms in total. The van der Waals surface area contributed by atoms with Gasteiger partial charge in [0.2, 0.25) is 11.8 Å². The van der Waals surface area contributed by atoms with Crippen LogP contribution in [0.4, 0.5) is 19.6 Å². The summed E-state index contributed by atoms with van der Waals surface area (Å²) in [6.07, 6.45) is 0.0905. The second-order valence-corrected chi connectivity index (χ2v) is 10.1. The molecule has 0 radical (unpaired) electrons. The van der Waals surface area contributed by atoms with E-state index in [1.165, 1.54) is 46.6 Å². The van der Waals surface area contributed by atoms with Gasteiger partial charge < -0.3 is 20.0 Å². The smallest absolute Gasteiger partial charge is 0.254 e. The van der Waals surface area contributed by atoms with Gasteiger partial charge in [0, 0.05) is 43.2 Å². The maximum atomic E-state index is 14.1. The molecule has 0 saturated carbocycles. The van der Waals surface area contributed by atoms with Crippen LogP contribution >= 0.6 is 11.3 Å². The van der Waals surface area contributed by atoms with Crippen molar-refractivity contribution in [2.24, 2.45) is 0 Å². The van der Waals surface area contributed by atoms with E-state index in [0.717, 1.165) is 0 Å². The fourth-order valence-electron chi connectivity index (χ4n) is 4.18. The zero-order valence-electron chi connectivity index (χ0n) is 21.2. The van der Waals surface area contributed by atoms with Crippen LogP contribution in [0, 0.1) is 11.6 Å². The highest BCUT2D eigenvalue weighted by molar-refractivity contribution is 7.13. The molecular weight excluding hydrogens is 512 g/mol. The highest BCUT2D eigenvalue weighted by Crippen LogP contribution is 2.21. The lowest BCUT2D eigenvalue weighted by Crippen LogP contribution is -2.49. The number of carbonyl (C=O) groups is 3. The van der Waals surface area contributed by atoms with Crippen molar-refractivity contribution in [2.75, 3.05) is 42.9 Å². The van der Waals surface area contributed by atoms with Crippen molar-refractivity contribution in [3.8, 4) is 0 Å². The monoisotopic (exact) mass is 541 g/mol. The highest BCUT2D eigenvalue weighted by Gasteiger charge is 2.24. The number of hydrogen-bond acceptors (Lipinski definition) is 6. The first kappa shape index (κ1) is 27.2. The lowest BCUT2D eigenvalue weighted by atomic mass is 10.1. The van der Waals surface area contributed by atoms with Crippen LogP contribution in [0.3, 0.4) is 0 Å². The Morgan fingerprint density at radius 1 is 1.03 bits per heavy atom. The number of rotatable bonds is 8. The van der Waals surface area contributed by atoms with Crippen molar-refractivity contribution < 1.29 is 23.2 Å². The number of para-hydroxylation sites is 1. The maximum Gasteiger partial charge on any atom is 0.254 e. The van der Waals surface area contributed by atoms with E-state index < -0.39 is 11.7 Å². The minimum absolute atomic E-state index is 0.0859. The van der Waals surface area contributed by atoms with Crippen LogP contribution in [0.1, 0.15) is 29.9 Å². The number of benzene rings is 2. The third-order valence-electron chi connectivity index (χ3n) is 6.25. The fourth-order valence-corrected chi connectivity index (χ4v) is 4.90. The van der Waals surface area contributed by atoms with Crippen molar-refractivity contribution in [2.45, 2.75) is 26.3 Å². The summed E-state index contributed by atoms with van der Waals surface area (Å²) in [5.74, 6) is -1.61. The first-order valence-electron chi connectivity index (χ1n) is 12.3. The van der Waals surface area contributed by atoms with Crippen molar-refractivity contribution in [1.29, 1.82) is 0 Å². The number of amides is 3. The Morgan fingerprint density at radius 2 is 1.71 bits per heavy atom. The summed E-state index contributed by atoms with van der Waals surface area (Å²) in [6, 6.07) is 11.5. The van der Waals surface area contributed by atoms with E-state index in [1.54, 1.807) is 42.3 Å². The third kappa shape index (κ3) is 6.71. The average Bonchev–Trinajstić information content (AvgIpc) is 3.34. The van der Waals surface area contributed by atoms with Gasteiger partial charge in [-0.15, -0.1) is 11.3 Å². The standard InChI is InChI=1S/C27H29F2N5O3S/c1-18(2)34(26(37)19-7-9-20(28)10-8-19)16-24(35)31-27-30-21(17-38-27)15-25(36)33-13-11-32(12-14-33)23-6-4-3-5-22(23)29/h3-10,17-18H,11-16H2,1-2H3,(H,30,31,35). The van der Waals surface area contributed by atoms with E-state index in [4.69, 9.17) is 0 Å². The van der Waals surface area contributed by atoms with Crippen LogP contribution in [-0.4, -0.2) is 71.3 Å². The largest absolute Gasteiger partial charge is 0.366 e. The summed E-state index contributed by atoms with van der Waals surface area (Å²) in [4.78, 5) is 47.7. The molecule has 0 unspecified atom stereocenters. The molecule has 3 amide bonds. The molecule has 1 fully saturated rings. The average molecular weight is 542 g/mol. The normalized spacial score (nSPS) is 13.5. The molecule has 1 aliphatic heterocycles. The molecule has 1 N–H and O–H groups in total. The molecule has 11 heteroatoms. The predicted octanol–water partition coefficient (Wildman–Crippen LogP) is 3.80. The number of aromatic nitrogens is 1. The molecule has 200 valence electrons. The molecule has 2 aromatic carbocycles. The fraction of sp³-hybridized carbons (Fsp3) is 0.333. The van der Waals surface area contributed by atoms with Gasteiger partial charge in [-0.05, 0) is 50.2 Å². The second kappa shape index (κ2) is 12.1. The molecular formula is C27H29F2N5O3S. The number of carbonyl (C=O) groups excluding carboxylic acids is 3. The van der Waals surface area contributed by atoms with Gasteiger partial charge in [-0.25, -0.2) is 13.8 Å². The Balaban J connectivity index is 1.28. The van der Waals surface area contributed by atoms with Gasteiger partial charge in [0.05, 0.1) is 17.8 Å². The molecule has 4 rings (SSSR count). The van der Waals surface area contributed by atoms with E-state index in [0.29, 0.717) is 42.7 Å². The summed E-state index contributed by atoms with van der Waals surface area (Å²) < 4.78 is 27.3. The van der Waals surface area contributed by atoms with Crippen LogP contribution in [0.5, 0.6) is 0 Å². The first-order valence-corrected chi connectivity index (χ1v) is 13.2. The minimum Gasteiger partial charge on any atom is -0.366 e. The predicted molar refractivity (Wildman–Crippen MR) is 142 cm³/mol. The molecule has 38 heavy (non-hydrogen) atoms. The molecule has 0 bridgehead atoms. The molecule has 2 heterocycles. The third-order valence-corrected chi connectivity index (χ3v) is 7.05. The van der Waals surface area contributed by atoms with Crippen LogP contribution in [0.2, 0.25) is 0 Å². The summed E-state index contributed by atoms with van der Waals surface area (Å²) in [6.45, 7) is 5.41. The van der Waals surface area contributed by atoms with Crippen molar-refractivity contribution in [3.05, 3.63) is 76.8 Å². The first-order chi connectivity index (χ1) is 18.2. The maximum absolute atomic E-state index is 14.1. The zero-order chi connectivity index (χ0) is 27.2. The number of hydrogen-bond donors (Lipinski definition) is 1. The number of anilines is 2.